The number of hydrogen-bond acceptors (Lipinski definition) is 9. The second-order valence-electron chi connectivity index (χ2n) is 15.5. The van der Waals surface area contributed by atoms with Crippen molar-refractivity contribution in [1.29, 1.82) is 0 Å². The third-order valence-corrected chi connectivity index (χ3v) is 7.90. The highest BCUT2D eigenvalue weighted by Gasteiger charge is 2.29. The fourth-order valence-corrected chi connectivity index (χ4v) is 4.83. The summed E-state index contributed by atoms with van der Waals surface area (Å²) >= 11 is 0. The number of rotatable bonds is 21. The van der Waals surface area contributed by atoms with E-state index in [2.05, 4.69) is 26.6 Å². The Morgan fingerprint density at radius 3 is 2.02 bits per heavy atom. The minimum Gasteiger partial charge on any atom is -0.445 e. The molecular formula is C37H64N8O8. The summed E-state index contributed by atoms with van der Waals surface area (Å²) in [6.45, 7) is 17.3. The molecule has 0 spiro atoms. The molecule has 2 unspecified atom stereocenters. The van der Waals surface area contributed by atoms with E-state index < -0.39 is 41.4 Å². The molecule has 0 radical (unpaired) electrons. The van der Waals surface area contributed by atoms with Gasteiger partial charge >= 0.3 is 12.1 Å². The molecule has 7 amide bonds. The van der Waals surface area contributed by atoms with Crippen molar-refractivity contribution in [3.05, 3.63) is 29.8 Å². The number of urea groups is 1. The zero-order chi connectivity index (χ0) is 40.4. The molecule has 0 aliphatic heterocycles. The van der Waals surface area contributed by atoms with Crippen LogP contribution in [0.2, 0.25) is 0 Å². The van der Waals surface area contributed by atoms with Gasteiger partial charge in [-0.15, -0.1) is 0 Å². The Morgan fingerprint density at radius 1 is 0.830 bits per heavy atom. The number of carbonyl (C=O) groups is 6. The van der Waals surface area contributed by atoms with Crippen LogP contribution in [0.1, 0.15) is 80.2 Å². The molecule has 2 atom stereocenters. The molecule has 7 N–H and O–H groups in total. The number of anilines is 1. The zero-order valence-electron chi connectivity index (χ0n) is 33.4. The average molecular weight is 749 g/mol. The molecule has 1 rings (SSSR count). The van der Waals surface area contributed by atoms with Gasteiger partial charge in [-0.25, -0.2) is 9.59 Å². The number of likely N-dealkylation sites (N-methyl/N-ethyl adjacent to an activating group) is 2. The number of hydrogen-bond donors (Lipinski definition) is 6. The molecule has 300 valence electrons. The molecule has 0 heterocycles. The van der Waals surface area contributed by atoms with Gasteiger partial charge < -0.3 is 51.6 Å². The zero-order valence-corrected chi connectivity index (χ0v) is 33.4. The number of primary amides is 1. The van der Waals surface area contributed by atoms with Gasteiger partial charge in [-0.1, -0.05) is 46.8 Å². The maximum atomic E-state index is 13.4. The molecule has 53 heavy (non-hydrogen) atoms. The Hall–Kier alpha value is -4.44. The lowest BCUT2D eigenvalue weighted by molar-refractivity contribution is -0.138. The molecule has 1 aromatic rings. The van der Waals surface area contributed by atoms with Crippen LogP contribution < -0.4 is 32.3 Å². The van der Waals surface area contributed by atoms with Crippen LogP contribution in [-0.4, -0.2) is 117 Å². The number of benzene rings is 1. The Bertz CT molecular complexity index is 1340. The minimum absolute atomic E-state index is 0.0114. The molecular weight excluding hydrogens is 684 g/mol. The maximum Gasteiger partial charge on any atom is 0.409 e. The fraction of sp³-hybridized carbons (Fsp3) is 0.676. The van der Waals surface area contributed by atoms with Gasteiger partial charge in [0.2, 0.25) is 23.6 Å². The van der Waals surface area contributed by atoms with Crippen molar-refractivity contribution < 1.29 is 38.2 Å². The highest BCUT2D eigenvalue weighted by molar-refractivity contribution is 5.98. The second-order valence-corrected chi connectivity index (χ2v) is 15.5. The fourth-order valence-electron chi connectivity index (χ4n) is 4.83. The molecule has 0 aliphatic rings. The van der Waals surface area contributed by atoms with Gasteiger partial charge in [0.25, 0.3) is 0 Å². The lowest BCUT2D eigenvalue weighted by Gasteiger charge is -2.27. The molecule has 0 aromatic heterocycles. The molecule has 1 aromatic carbocycles. The van der Waals surface area contributed by atoms with Gasteiger partial charge in [0.15, 0.2) is 0 Å². The van der Waals surface area contributed by atoms with Gasteiger partial charge in [0, 0.05) is 63.3 Å². The molecule has 0 saturated heterocycles. The summed E-state index contributed by atoms with van der Waals surface area (Å²) in [5.41, 5.74) is 5.72. The summed E-state index contributed by atoms with van der Waals surface area (Å²) in [4.78, 5) is 78.5. The van der Waals surface area contributed by atoms with E-state index in [0.717, 1.165) is 0 Å². The molecule has 0 fully saturated rings. The average Bonchev–Trinajstić information content (AvgIpc) is 3.06. The van der Waals surface area contributed by atoms with Crippen molar-refractivity contribution in [2.75, 3.05) is 58.8 Å². The van der Waals surface area contributed by atoms with Crippen LogP contribution in [0.5, 0.6) is 0 Å². The summed E-state index contributed by atoms with van der Waals surface area (Å²) < 4.78 is 11.0. The van der Waals surface area contributed by atoms with Crippen LogP contribution in [0.25, 0.3) is 0 Å². The van der Waals surface area contributed by atoms with Crippen molar-refractivity contribution >= 4 is 41.4 Å². The van der Waals surface area contributed by atoms with Crippen molar-refractivity contribution in [1.82, 2.24) is 31.1 Å². The van der Waals surface area contributed by atoms with E-state index in [4.69, 9.17) is 15.2 Å². The highest BCUT2D eigenvalue weighted by Crippen LogP contribution is 2.16. The standard InChI is InChI=1S/C37H64N8O8/c1-25(2)30(43-29(46)17-22-52-23-19-40-37(6,7)8)32(48)42-28(12-11-18-39-34(38)50)31(47)41-27-15-13-26(14-16-27)24-53-35(51)45(10)21-20-44(9)33(49)36(3,4)5/h13-16,25,28,30,40H,11-12,17-24H2,1-10H3,(H,41,47)(H,42,48)(H,43,46)(H3,38,39,50). The Labute approximate surface area is 315 Å². The molecule has 16 nitrogen and oxygen atoms in total. The Morgan fingerprint density at radius 2 is 1.45 bits per heavy atom. The van der Waals surface area contributed by atoms with Crippen molar-refractivity contribution in [3.63, 3.8) is 0 Å². The Balaban J connectivity index is 2.79. The largest absolute Gasteiger partial charge is 0.445 e. The third kappa shape index (κ3) is 19.8. The quantitative estimate of drug-likeness (QED) is 0.102. The van der Waals surface area contributed by atoms with E-state index in [1.807, 2.05) is 41.5 Å². The predicted molar refractivity (Wildman–Crippen MR) is 204 cm³/mol. The van der Waals surface area contributed by atoms with E-state index in [-0.39, 0.29) is 55.9 Å². The van der Waals surface area contributed by atoms with Gasteiger partial charge in [-0.3, -0.25) is 19.2 Å². The summed E-state index contributed by atoms with van der Waals surface area (Å²) in [6, 6.07) is 4.06. The number of amides is 7. The van der Waals surface area contributed by atoms with E-state index in [1.165, 1.54) is 4.90 Å². The summed E-state index contributed by atoms with van der Waals surface area (Å²) in [5.74, 6) is -1.69. The molecule has 0 saturated carbocycles. The Kier molecular flexibility index (Phi) is 19.9. The minimum atomic E-state index is -0.997. The second kappa shape index (κ2) is 22.6. The molecule has 0 bridgehead atoms. The maximum absolute atomic E-state index is 13.4. The molecule has 16 heteroatoms. The smallest absolute Gasteiger partial charge is 0.409 e. The van der Waals surface area contributed by atoms with Crippen LogP contribution >= 0.6 is 0 Å². The number of carbonyl (C=O) groups excluding carboxylic acids is 6. The third-order valence-electron chi connectivity index (χ3n) is 7.90. The van der Waals surface area contributed by atoms with E-state index >= 15 is 0 Å². The van der Waals surface area contributed by atoms with Gasteiger partial charge in [-0.05, 0) is 57.2 Å². The van der Waals surface area contributed by atoms with Crippen LogP contribution in [-0.2, 0) is 35.3 Å². The van der Waals surface area contributed by atoms with Crippen LogP contribution in [0.4, 0.5) is 15.3 Å². The van der Waals surface area contributed by atoms with Crippen LogP contribution in [0.15, 0.2) is 24.3 Å². The first kappa shape index (κ1) is 46.6. The SMILES string of the molecule is CC(C)C(NC(=O)CCOCCNC(C)(C)C)C(=O)NC(CCCNC(N)=O)C(=O)Nc1ccc(COC(=O)N(C)CCN(C)C(=O)C(C)(C)C)cc1. The number of nitrogens with zero attached hydrogens (tertiary/aromatic N) is 2. The first-order valence-corrected chi connectivity index (χ1v) is 18.1. The topological polar surface area (TPSA) is 214 Å². The highest BCUT2D eigenvalue weighted by atomic mass is 16.6. The van der Waals surface area contributed by atoms with E-state index in [9.17, 15) is 28.8 Å². The van der Waals surface area contributed by atoms with Crippen LogP contribution in [0.3, 0.4) is 0 Å². The van der Waals surface area contributed by atoms with E-state index in [1.54, 1.807) is 57.1 Å². The number of nitrogens with two attached hydrogens (primary N) is 1. The summed E-state index contributed by atoms with van der Waals surface area (Å²) in [5, 5.41) is 14.1. The summed E-state index contributed by atoms with van der Waals surface area (Å²) in [6.07, 6.45) is 0.0349. The predicted octanol–water partition coefficient (Wildman–Crippen LogP) is 2.57. The van der Waals surface area contributed by atoms with Gasteiger partial charge in [-0.2, -0.15) is 0 Å². The lowest BCUT2D eigenvalue weighted by atomic mass is 9.95. The molecule has 0 aliphatic carbocycles. The first-order valence-electron chi connectivity index (χ1n) is 18.1. The summed E-state index contributed by atoms with van der Waals surface area (Å²) in [7, 11) is 3.29. The van der Waals surface area contributed by atoms with Crippen LogP contribution in [0, 0.1) is 11.3 Å². The van der Waals surface area contributed by atoms with Gasteiger partial charge in [0.1, 0.15) is 18.7 Å². The monoisotopic (exact) mass is 748 g/mol. The number of ether oxygens (including phenoxy) is 2. The van der Waals surface area contributed by atoms with E-state index in [0.29, 0.717) is 43.9 Å². The van der Waals surface area contributed by atoms with Crippen molar-refractivity contribution in [2.24, 2.45) is 17.1 Å². The number of nitrogens with one attached hydrogen (secondary N) is 5. The van der Waals surface area contributed by atoms with Crippen molar-refractivity contribution in [3.8, 4) is 0 Å². The van der Waals surface area contributed by atoms with Crippen molar-refractivity contribution in [2.45, 2.75) is 98.9 Å². The first-order chi connectivity index (χ1) is 24.6. The van der Waals surface area contributed by atoms with Gasteiger partial charge in [0.05, 0.1) is 13.2 Å². The normalized spacial score (nSPS) is 12.7. The lowest BCUT2D eigenvalue weighted by Crippen LogP contribution is -2.54.